The molecule has 1 N–H and O–H groups in total. The van der Waals surface area contributed by atoms with Crippen molar-refractivity contribution < 1.29 is 9.84 Å². The number of rotatable bonds is 7. The van der Waals surface area contributed by atoms with Crippen molar-refractivity contribution in [3.8, 4) is 17.0 Å². The minimum atomic E-state index is -0.120. The number of aliphatic hydroxyl groups is 1. The molecule has 3 rings (SSSR count). The summed E-state index contributed by atoms with van der Waals surface area (Å²) in [5.74, 6) is 0.803. The Morgan fingerprint density at radius 3 is 2.62 bits per heavy atom. The van der Waals surface area contributed by atoms with Crippen molar-refractivity contribution in [2.75, 3.05) is 24.6 Å². The van der Waals surface area contributed by atoms with Gasteiger partial charge < -0.3 is 14.7 Å². The largest absolute Gasteiger partial charge is 0.488 e. The highest BCUT2D eigenvalue weighted by Crippen LogP contribution is 2.30. The summed E-state index contributed by atoms with van der Waals surface area (Å²) in [6.45, 7) is 4.40. The lowest BCUT2D eigenvalue weighted by atomic mass is 10.1. The first-order chi connectivity index (χ1) is 11.8. The van der Waals surface area contributed by atoms with Gasteiger partial charge in [-0.3, -0.25) is 0 Å². The summed E-state index contributed by atoms with van der Waals surface area (Å²) in [4.78, 5) is 7.20. The van der Waals surface area contributed by atoms with Crippen molar-refractivity contribution in [2.45, 2.75) is 45.1 Å². The first kappa shape index (κ1) is 17.2. The Hall–Kier alpha value is -1.59. The molecule has 1 fully saturated rings. The van der Waals surface area contributed by atoms with Crippen molar-refractivity contribution >= 4 is 16.5 Å². The molecule has 1 aromatic heterocycles. The number of benzene rings is 1. The third-order valence-corrected chi connectivity index (χ3v) is 5.29. The molecule has 0 aliphatic carbocycles. The summed E-state index contributed by atoms with van der Waals surface area (Å²) in [6, 6.07) is 8.02. The topological polar surface area (TPSA) is 45.6 Å². The molecule has 1 aliphatic heterocycles. The van der Waals surface area contributed by atoms with Crippen LogP contribution in [0.4, 0.5) is 5.13 Å². The maximum atomic E-state index is 9.34. The van der Waals surface area contributed by atoms with Gasteiger partial charge in [0, 0.05) is 24.0 Å². The fourth-order valence-corrected chi connectivity index (χ4v) is 3.92. The standard InChI is InChI=1S/C19H26N2O2S/c1-2-6-17(13-22)23-16-9-7-15(8-10-16)18-14-24-19(20-18)21-11-4-3-5-12-21/h7-10,14,17,22H,2-6,11-13H2,1H3. The van der Waals surface area contributed by atoms with Gasteiger partial charge in [0.25, 0.3) is 0 Å². The van der Waals surface area contributed by atoms with E-state index in [4.69, 9.17) is 9.72 Å². The van der Waals surface area contributed by atoms with Crippen LogP contribution in [0, 0.1) is 0 Å². The maximum Gasteiger partial charge on any atom is 0.185 e. The van der Waals surface area contributed by atoms with Gasteiger partial charge in [0.1, 0.15) is 11.9 Å². The second-order valence-electron chi connectivity index (χ2n) is 6.30. The van der Waals surface area contributed by atoms with E-state index in [2.05, 4.69) is 17.2 Å². The minimum Gasteiger partial charge on any atom is -0.488 e. The number of piperidine rings is 1. The van der Waals surface area contributed by atoms with Crippen LogP contribution in [0.5, 0.6) is 5.75 Å². The molecule has 1 saturated heterocycles. The molecule has 2 heterocycles. The molecule has 130 valence electrons. The monoisotopic (exact) mass is 346 g/mol. The molecule has 24 heavy (non-hydrogen) atoms. The van der Waals surface area contributed by atoms with E-state index in [-0.39, 0.29) is 12.7 Å². The molecule has 0 amide bonds. The van der Waals surface area contributed by atoms with Gasteiger partial charge in [-0.25, -0.2) is 4.98 Å². The Morgan fingerprint density at radius 1 is 1.21 bits per heavy atom. The summed E-state index contributed by atoms with van der Waals surface area (Å²) in [5.41, 5.74) is 2.14. The van der Waals surface area contributed by atoms with E-state index >= 15 is 0 Å². The number of nitrogens with zero attached hydrogens (tertiary/aromatic N) is 2. The number of anilines is 1. The lowest BCUT2D eigenvalue weighted by molar-refractivity contribution is 0.108. The van der Waals surface area contributed by atoms with Crippen LogP contribution in [0.2, 0.25) is 0 Å². The zero-order valence-corrected chi connectivity index (χ0v) is 15.1. The van der Waals surface area contributed by atoms with Gasteiger partial charge in [0.15, 0.2) is 5.13 Å². The molecule has 0 bridgehead atoms. The third-order valence-electron chi connectivity index (χ3n) is 4.39. The van der Waals surface area contributed by atoms with E-state index in [1.165, 1.54) is 19.3 Å². The van der Waals surface area contributed by atoms with E-state index in [1.54, 1.807) is 11.3 Å². The van der Waals surface area contributed by atoms with Gasteiger partial charge in [0.2, 0.25) is 0 Å². The Bertz CT molecular complexity index is 621. The van der Waals surface area contributed by atoms with Crippen LogP contribution in [0.1, 0.15) is 39.0 Å². The molecular formula is C19H26N2O2S. The smallest absolute Gasteiger partial charge is 0.185 e. The summed E-state index contributed by atoms with van der Waals surface area (Å²) in [5, 5.41) is 12.6. The lowest BCUT2D eigenvalue weighted by Crippen LogP contribution is -2.29. The zero-order valence-electron chi connectivity index (χ0n) is 14.3. The van der Waals surface area contributed by atoms with Crippen LogP contribution < -0.4 is 9.64 Å². The fourth-order valence-electron chi connectivity index (χ4n) is 3.03. The summed E-state index contributed by atoms with van der Waals surface area (Å²) in [6.07, 6.45) is 5.62. The van der Waals surface area contributed by atoms with Crippen LogP contribution in [0.3, 0.4) is 0 Å². The zero-order chi connectivity index (χ0) is 16.8. The summed E-state index contributed by atoms with van der Waals surface area (Å²) >= 11 is 1.73. The van der Waals surface area contributed by atoms with Gasteiger partial charge >= 0.3 is 0 Å². The minimum absolute atomic E-state index is 0.0564. The van der Waals surface area contributed by atoms with Crippen LogP contribution in [0.15, 0.2) is 29.6 Å². The average molecular weight is 346 g/mol. The quantitative estimate of drug-likeness (QED) is 0.810. The van der Waals surface area contributed by atoms with Crippen molar-refractivity contribution in [1.82, 2.24) is 4.98 Å². The molecule has 5 heteroatoms. The highest BCUT2D eigenvalue weighted by molar-refractivity contribution is 7.14. The van der Waals surface area contributed by atoms with E-state index in [0.29, 0.717) is 0 Å². The van der Waals surface area contributed by atoms with Crippen molar-refractivity contribution in [2.24, 2.45) is 0 Å². The van der Waals surface area contributed by atoms with Gasteiger partial charge in [-0.15, -0.1) is 11.3 Å². The van der Waals surface area contributed by atoms with Crippen molar-refractivity contribution in [1.29, 1.82) is 0 Å². The fraction of sp³-hybridized carbons (Fsp3) is 0.526. The van der Waals surface area contributed by atoms with Crippen LogP contribution in [0.25, 0.3) is 11.3 Å². The second kappa shape index (κ2) is 8.49. The van der Waals surface area contributed by atoms with E-state index in [1.807, 2.05) is 24.3 Å². The van der Waals surface area contributed by atoms with Gasteiger partial charge in [-0.05, 0) is 49.9 Å². The Morgan fingerprint density at radius 2 is 1.96 bits per heavy atom. The van der Waals surface area contributed by atoms with E-state index in [0.717, 1.165) is 48.1 Å². The van der Waals surface area contributed by atoms with Gasteiger partial charge in [-0.2, -0.15) is 0 Å². The summed E-state index contributed by atoms with van der Waals surface area (Å²) in [7, 11) is 0. The maximum absolute atomic E-state index is 9.34. The van der Waals surface area contributed by atoms with Crippen molar-refractivity contribution in [3.63, 3.8) is 0 Å². The van der Waals surface area contributed by atoms with Gasteiger partial charge in [-0.1, -0.05) is 13.3 Å². The van der Waals surface area contributed by atoms with Crippen molar-refractivity contribution in [3.05, 3.63) is 29.6 Å². The Labute approximate surface area is 148 Å². The summed E-state index contributed by atoms with van der Waals surface area (Å²) < 4.78 is 5.82. The highest BCUT2D eigenvalue weighted by Gasteiger charge is 2.15. The number of aliphatic hydroxyl groups excluding tert-OH is 1. The molecule has 4 nitrogen and oxygen atoms in total. The van der Waals surface area contributed by atoms with E-state index < -0.39 is 0 Å². The second-order valence-corrected chi connectivity index (χ2v) is 7.14. The highest BCUT2D eigenvalue weighted by atomic mass is 32.1. The predicted octanol–water partition coefficient (Wildman–Crippen LogP) is 4.34. The van der Waals surface area contributed by atoms with Crippen LogP contribution in [-0.4, -0.2) is 35.9 Å². The molecule has 1 aliphatic rings. The molecule has 1 aromatic carbocycles. The average Bonchev–Trinajstić information content (AvgIpc) is 3.13. The van der Waals surface area contributed by atoms with Crippen LogP contribution in [-0.2, 0) is 0 Å². The molecule has 0 spiro atoms. The predicted molar refractivity (Wildman–Crippen MR) is 100 cm³/mol. The normalized spacial score (nSPS) is 16.2. The van der Waals surface area contributed by atoms with E-state index in [9.17, 15) is 5.11 Å². The van der Waals surface area contributed by atoms with Crippen LogP contribution >= 0.6 is 11.3 Å². The lowest BCUT2D eigenvalue weighted by Gasteiger charge is -2.25. The molecule has 0 saturated carbocycles. The number of aromatic nitrogens is 1. The molecule has 1 unspecified atom stereocenters. The number of hydrogen-bond acceptors (Lipinski definition) is 5. The number of hydrogen-bond donors (Lipinski definition) is 1. The molecule has 0 radical (unpaired) electrons. The molecule has 2 aromatic rings. The first-order valence-corrected chi connectivity index (χ1v) is 9.76. The SMILES string of the molecule is CCCC(CO)Oc1ccc(-c2csc(N3CCCCC3)n2)cc1. The molecular weight excluding hydrogens is 320 g/mol. The third kappa shape index (κ3) is 4.28. The Balaban J connectivity index is 1.66. The number of thiazole rings is 1. The van der Waals surface area contributed by atoms with Gasteiger partial charge in [0.05, 0.1) is 12.3 Å². The molecule has 1 atom stereocenters. The Kier molecular flexibility index (Phi) is 6.10. The first-order valence-electron chi connectivity index (χ1n) is 8.88. The number of ether oxygens (including phenoxy) is 1.